The molecule has 0 saturated heterocycles. The van der Waals surface area contributed by atoms with Gasteiger partial charge in [-0.1, -0.05) is 195 Å². The fraction of sp³-hybridized carbons (Fsp3) is 0.416. The number of Topliss-reactive ketones (excluding diaryl/α,β-unsaturated/α-hetero) is 3. The van der Waals surface area contributed by atoms with E-state index in [4.69, 9.17) is 39.0 Å². The predicted octanol–water partition coefficient (Wildman–Crippen LogP) is 14.0. The highest BCUT2D eigenvalue weighted by Gasteiger charge is 2.57. The van der Waals surface area contributed by atoms with Gasteiger partial charge in [-0.3, -0.25) is 47.0 Å². The van der Waals surface area contributed by atoms with Crippen LogP contribution in [-0.4, -0.2) is 71.9 Å². The Kier molecular flexibility index (Phi) is 20.0. The van der Waals surface area contributed by atoms with Crippen LogP contribution in [0.15, 0.2) is 175 Å². The number of carbonyl (C=O) groups is 3. The number of aliphatic hydroxyl groups excluding tert-OH is 1. The second-order valence-electron chi connectivity index (χ2n) is 32.1. The molecular formula is C89H95N11O9. The number of allylic oxidation sites excluding steroid dienone is 3. The lowest BCUT2D eigenvalue weighted by molar-refractivity contribution is -0.129. The molecule has 109 heavy (non-hydrogen) atoms. The lowest BCUT2D eigenvalue weighted by Gasteiger charge is -2.48. The second-order valence-corrected chi connectivity index (χ2v) is 32.1. The van der Waals surface area contributed by atoms with Gasteiger partial charge in [-0.25, -0.2) is 31.4 Å². The monoisotopic (exact) mass is 1460 g/mol. The molecule has 0 spiro atoms. The van der Waals surface area contributed by atoms with Crippen molar-refractivity contribution in [2.75, 3.05) is 0 Å². The molecule has 8 aliphatic carbocycles. The lowest BCUT2D eigenvalue weighted by Crippen LogP contribution is -2.53. The van der Waals surface area contributed by atoms with E-state index >= 15 is 0 Å². The number of aromatic nitrogens is 9. The number of fused-ring (bicyclic) bond motifs is 13. The zero-order valence-electron chi connectivity index (χ0n) is 65.4. The predicted molar refractivity (Wildman–Crippen MR) is 419 cm³/mol. The van der Waals surface area contributed by atoms with Crippen molar-refractivity contribution in [1.82, 2.24) is 43.4 Å². The summed E-state index contributed by atoms with van der Waals surface area (Å²) in [5.41, 5.74) is 10.1. The quantitative estimate of drug-likeness (QED) is 0.0978. The molecule has 5 heterocycles. The molecule has 2 fully saturated rings. The third kappa shape index (κ3) is 12.4. The molecule has 4 aromatic carbocycles. The average Bonchev–Trinajstić information content (AvgIpc) is 1.01. The zero-order valence-corrected chi connectivity index (χ0v) is 64.4. The number of rotatable bonds is 4. The average molecular weight is 1460 g/mol. The van der Waals surface area contributed by atoms with E-state index in [-0.39, 0.29) is 92.1 Å². The van der Waals surface area contributed by atoms with Gasteiger partial charge in [0.2, 0.25) is 11.5 Å². The molecular weight excluding hydrogens is 1370 g/mol. The highest BCUT2D eigenvalue weighted by Crippen LogP contribution is 2.56. The van der Waals surface area contributed by atoms with Crippen LogP contribution < -0.4 is 22.2 Å². The molecule has 2 saturated carbocycles. The van der Waals surface area contributed by atoms with Crippen LogP contribution >= 0.6 is 0 Å². The van der Waals surface area contributed by atoms with Gasteiger partial charge in [-0.05, 0) is 87.9 Å². The summed E-state index contributed by atoms with van der Waals surface area (Å²) in [6, 6.07) is 38.4. The normalized spacial score (nSPS) is 27.6. The highest BCUT2D eigenvalue weighted by molar-refractivity contribution is 6.00. The Morgan fingerprint density at radius 2 is 0.853 bits per heavy atom. The van der Waals surface area contributed by atoms with Crippen LogP contribution in [0.3, 0.4) is 0 Å². The van der Waals surface area contributed by atoms with Crippen molar-refractivity contribution in [3.05, 3.63) is 272 Å². The molecule has 0 radical (unpaired) electrons. The first-order valence-electron chi connectivity index (χ1n) is 38.6. The first kappa shape index (κ1) is 74.7. The summed E-state index contributed by atoms with van der Waals surface area (Å²) < 4.78 is 17.9. The molecule has 5 aromatic heterocycles. The van der Waals surface area contributed by atoms with Gasteiger partial charge >= 0.3 is 0 Å². The second kappa shape index (κ2) is 29.1. The van der Waals surface area contributed by atoms with Gasteiger partial charge in [0.1, 0.15) is 29.1 Å². The van der Waals surface area contributed by atoms with E-state index in [9.17, 15) is 38.7 Å². The first-order valence-corrected chi connectivity index (χ1v) is 37.6. The zero-order chi connectivity index (χ0) is 78.8. The van der Waals surface area contributed by atoms with Crippen LogP contribution in [0.4, 0.5) is 0 Å². The van der Waals surface area contributed by atoms with Crippen molar-refractivity contribution in [3.63, 3.8) is 0 Å². The Hall–Kier alpha value is -11.1. The molecule has 20 nitrogen and oxygen atoms in total. The van der Waals surface area contributed by atoms with Crippen LogP contribution in [0.5, 0.6) is 0 Å². The molecule has 0 aliphatic heterocycles. The topological polar surface area (TPSA) is 246 Å². The minimum atomic E-state index is -0.641. The Morgan fingerprint density at radius 3 is 1.26 bits per heavy atom. The van der Waals surface area contributed by atoms with Gasteiger partial charge < -0.3 is 19.3 Å². The lowest BCUT2D eigenvalue weighted by atomic mass is 9.55. The largest absolute Gasteiger partial charge is 0.515 e. The number of hydrogen-bond acceptors (Lipinski definition) is 14. The van der Waals surface area contributed by atoms with Gasteiger partial charge in [0.05, 0.1) is 41.8 Å². The molecule has 13 atom stereocenters. The Bertz CT molecular complexity index is 5560. The molecule has 1 N–H and O–H groups in total. The standard InChI is InChI=1S/2C22H23N3O2.C22H21N3O2.C22H24N2O3.CH4/c1-13-17-10-9-16-19(22(17,2)11-15-12-23-27-18(13)15)24-20(25(3)21(16)26)14-7-5-4-6-8-14;2*1-13-16-11-10-15-19(22(16,2)12-17(23-3)18(13)26)24-20(25(4)21(15)27)14-8-6-5-7-9-14;1-13-17-10-9-16-19(22(17,2)11-15(12-25)18(13)26)23-20(24(3)21(16)27)14-7-5-4-6-8-14;/h4-8,12-13,17H,9-11H2,1-3H3;5-9,13,16-17H,10-12H2,1-2,4H3;5-9,12-13,16H,10-11H2,1-2,4H3;4-8,12-13,17,25H,9-11H2,1-3H3;1H4/b;;;15-12-;/t13-,17-,22-;13-,16-,17?,22-;13-,16-,22-;13-,17-,22-;/m0000./s1/i;;;;1T. The van der Waals surface area contributed by atoms with E-state index in [0.717, 1.165) is 124 Å². The van der Waals surface area contributed by atoms with E-state index in [2.05, 4.69) is 42.5 Å². The number of nitrogens with zero attached hydrogens (tertiary/aromatic N) is 11. The fourth-order valence-corrected chi connectivity index (χ4v) is 20.3. The van der Waals surface area contributed by atoms with Crippen LogP contribution in [0.2, 0.25) is 0 Å². The summed E-state index contributed by atoms with van der Waals surface area (Å²) in [6.07, 6.45) is 12.2. The van der Waals surface area contributed by atoms with Gasteiger partial charge in [-0.2, -0.15) is 0 Å². The number of aliphatic hydroxyl groups is 1. The van der Waals surface area contributed by atoms with Crippen LogP contribution in [-0.2, 0) is 96.3 Å². The van der Waals surface area contributed by atoms with Crippen molar-refractivity contribution in [1.29, 1.82) is 0 Å². The van der Waals surface area contributed by atoms with E-state index in [0.29, 0.717) is 66.6 Å². The first-order chi connectivity index (χ1) is 52.6. The Labute approximate surface area is 636 Å². The molecule has 20 heteroatoms. The Balaban J connectivity index is 0.000000128. The number of hydrogen-bond donors (Lipinski definition) is 1. The fourth-order valence-electron chi connectivity index (χ4n) is 20.3. The summed E-state index contributed by atoms with van der Waals surface area (Å²) in [6.45, 7) is 31.3. The number of benzene rings is 4. The van der Waals surface area contributed by atoms with Crippen LogP contribution in [0.25, 0.3) is 55.2 Å². The highest BCUT2D eigenvalue weighted by atomic mass is 16.5. The third-order valence-corrected chi connectivity index (χ3v) is 26.1. The van der Waals surface area contributed by atoms with Gasteiger partial charge in [0, 0.05) is 137 Å². The van der Waals surface area contributed by atoms with E-state index in [1.165, 1.54) is 7.40 Å². The van der Waals surface area contributed by atoms with Crippen molar-refractivity contribution >= 4 is 17.3 Å². The van der Waals surface area contributed by atoms with Gasteiger partial charge in [0.25, 0.3) is 28.3 Å². The molecule has 17 rings (SSSR count). The summed E-state index contributed by atoms with van der Waals surface area (Å²) in [4.78, 5) is 117. The van der Waals surface area contributed by atoms with Gasteiger partial charge in [0.15, 0.2) is 11.6 Å². The SMILES string of the molecule is C[C@@H]1C(=O)/C(=C\O)C[C@]2(C)c3nc(-c4ccccc4)n(C)c(=O)c3CC[C@@H]12.C[C@@H]1c2oncc2C[C@]2(C)c3nc(-c4ccccc4)n(C)c(=O)c3CC[C@@H]12.[3H]C.[C-]#[N+]C1=C[C@]2(C)c3nc(-c4ccccc4)n(C)c(=O)c3CC[C@H]2[C@H](C)C1=O.[C-]#[N+]C1C[C@]2(C)c3nc(-c4ccccc4)n(C)c(=O)c3CC[C@H]2[C@H](C)C1=O. The number of ketones is 3. The summed E-state index contributed by atoms with van der Waals surface area (Å²) in [5.74, 6) is 3.95. The maximum absolute atomic E-state index is 13.2. The molecule has 0 bridgehead atoms. The van der Waals surface area contributed by atoms with E-state index in [1.807, 2.05) is 162 Å². The molecule has 560 valence electrons. The van der Waals surface area contributed by atoms with Crippen molar-refractivity contribution in [2.24, 2.45) is 69.6 Å². The molecule has 9 aromatic rings. The summed E-state index contributed by atoms with van der Waals surface area (Å²) in [7, 11) is 8.35. The van der Waals surface area contributed by atoms with Crippen LogP contribution in [0, 0.1) is 54.6 Å². The Morgan fingerprint density at radius 1 is 0.495 bits per heavy atom. The summed E-state index contributed by atoms with van der Waals surface area (Å²) in [5, 5.41) is 13.6. The van der Waals surface area contributed by atoms with Crippen molar-refractivity contribution in [2.45, 2.75) is 167 Å². The third-order valence-electron chi connectivity index (χ3n) is 26.1. The van der Waals surface area contributed by atoms with Crippen molar-refractivity contribution in [3.8, 4) is 45.6 Å². The smallest absolute Gasteiger partial charge is 0.282 e. The van der Waals surface area contributed by atoms with Crippen molar-refractivity contribution < 1.29 is 25.4 Å². The number of carbonyl (C=O) groups excluding carboxylic acids is 3. The molecule has 8 aliphatic rings. The minimum absolute atomic E-state index is 0.00976. The molecule has 1 unspecified atom stereocenters. The molecule has 0 amide bonds. The minimum Gasteiger partial charge on any atom is -0.515 e. The van der Waals surface area contributed by atoms with E-state index < -0.39 is 22.3 Å². The maximum atomic E-state index is 13.2. The maximum Gasteiger partial charge on any atom is 0.282 e. The van der Waals surface area contributed by atoms with Gasteiger partial charge in [-0.15, -0.1) is 0 Å². The van der Waals surface area contributed by atoms with E-state index in [1.54, 1.807) is 45.5 Å². The summed E-state index contributed by atoms with van der Waals surface area (Å²) >= 11 is 0. The van der Waals surface area contributed by atoms with Crippen LogP contribution in [0.1, 0.15) is 165 Å².